The van der Waals surface area contributed by atoms with Crippen molar-refractivity contribution in [3.63, 3.8) is 0 Å². The summed E-state index contributed by atoms with van der Waals surface area (Å²) >= 11 is 0.924. The van der Waals surface area contributed by atoms with Crippen molar-refractivity contribution in [2.24, 2.45) is 0 Å². The molecule has 0 saturated heterocycles. The van der Waals surface area contributed by atoms with Crippen LogP contribution in [-0.4, -0.2) is 17.8 Å². The monoisotopic (exact) mass is 266 g/mol. The average Bonchev–Trinajstić information content (AvgIpc) is 2.81. The highest BCUT2D eigenvalue weighted by atomic mass is 32.2. The van der Waals surface area contributed by atoms with Crippen LogP contribution in [-0.2, 0) is 10.0 Å². The second kappa shape index (κ2) is 4.48. The van der Waals surface area contributed by atoms with Crippen molar-refractivity contribution < 1.29 is 8.42 Å². The van der Waals surface area contributed by atoms with Crippen LogP contribution in [0, 0.1) is 11.3 Å². The van der Waals surface area contributed by atoms with Crippen LogP contribution >= 0.6 is 11.5 Å². The lowest BCUT2D eigenvalue weighted by atomic mass is 10.2. The minimum atomic E-state index is -3.79. The van der Waals surface area contributed by atoms with E-state index in [0.29, 0.717) is 0 Å². The predicted molar refractivity (Wildman–Crippen MR) is 61.9 cm³/mol. The Morgan fingerprint density at radius 3 is 2.76 bits per heavy atom. The van der Waals surface area contributed by atoms with E-state index in [0.717, 1.165) is 11.5 Å². The third-order valence-electron chi connectivity index (χ3n) is 1.88. The van der Waals surface area contributed by atoms with Gasteiger partial charge in [-0.3, -0.25) is 4.72 Å². The van der Waals surface area contributed by atoms with Crippen LogP contribution in [0.4, 0.5) is 5.13 Å². The first-order valence-corrected chi connectivity index (χ1v) is 6.68. The summed E-state index contributed by atoms with van der Waals surface area (Å²) in [5.74, 6) is 0. The average molecular weight is 266 g/mol. The summed E-state index contributed by atoms with van der Waals surface area (Å²) in [4.78, 5) is 3.65. The Bertz CT molecular complexity index is 659. The molecular formula is C9H6N4O2S2. The van der Waals surface area contributed by atoms with E-state index in [4.69, 9.17) is 5.26 Å². The first-order valence-electron chi connectivity index (χ1n) is 4.42. The Balaban J connectivity index is 2.42. The Hall–Kier alpha value is -1.98. The number of hydrogen-bond donors (Lipinski definition) is 1. The van der Waals surface area contributed by atoms with Gasteiger partial charge in [-0.05, 0) is 12.1 Å². The van der Waals surface area contributed by atoms with Gasteiger partial charge in [-0.25, -0.2) is 13.4 Å². The molecule has 2 aromatic rings. The first kappa shape index (κ1) is 11.5. The maximum atomic E-state index is 12.0. The van der Waals surface area contributed by atoms with E-state index in [1.807, 2.05) is 6.07 Å². The van der Waals surface area contributed by atoms with Gasteiger partial charge in [-0.1, -0.05) is 12.1 Å². The van der Waals surface area contributed by atoms with Crippen molar-refractivity contribution in [2.45, 2.75) is 4.90 Å². The van der Waals surface area contributed by atoms with E-state index in [1.54, 1.807) is 12.1 Å². The standard InChI is InChI=1S/C9H6N4O2S2/c10-5-7-3-1-2-4-8(7)17(14,15)13-9-11-6-12-16-9/h1-4,6H,(H,11,12,13). The number of sulfonamides is 1. The lowest BCUT2D eigenvalue weighted by Gasteiger charge is -2.05. The molecule has 8 heteroatoms. The highest BCUT2D eigenvalue weighted by Gasteiger charge is 2.19. The molecule has 1 N–H and O–H groups in total. The molecule has 1 aromatic heterocycles. The molecule has 0 atom stereocenters. The van der Waals surface area contributed by atoms with E-state index in [1.165, 1.54) is 18.5 Å². The number of aromatic nitrogens is 2. The fourth-order valence-electron chi connectivity index (χ4n) is 1.18. The van der Waals surface area contributed by atoms with Crippen molar-refractivity contribution in [3.8, 4) is 6.07 Å². The van der Waals surface area contributed by atoms with Crippen LogP contribution in [0.25, 0.3) is 0 Å². The molecule has 0 bridgehead atoms. The number of rotatable bonds is 3. The quantitative estimate of drug-likeness (QED) is 0.900. The van der Waals surface area contributed by atoms with Crippen LogP contribution in [0.15, 0.2) is 35.5 Å². The summed E-state index contributed by atoms with van der Waals surface area (Å²) in [7, 11) is -3.79. The molecule has 0 aliphatic carbocycles. The topological polar surface area (TPSA) is 95.7 Å². The van der Waals surface area contributed by atoms with E-state index >= 15 is 0 Å². The van der Waals surface area contributed by atoms with Gasteiger partial charge in [0.2, 0.25) is 5.13 Å². The fourth-order valence-corrected chi connectivity index (χ4v) is 3.00. The van der Waals surface area contributed by atoms with Crippen molar-refractivity contribution in [1.82, 2.24) is 9.36 Å². The van der Waals surface area contributed by atoms with Gasteiger partial charge in [-0.2, -0.15) is 9.64 Å². The first-order chi connectivity index (χ1) is 8.13. The molecule has 0 fully saturated rings. The minimum Gasteiger partial charge on any atom is -0.253 e. The second-order valence-electron chi connectivity index (χ2n) is 2.96. The molecule has 2 rings (SSSR count). The van der Waals surface area contributed by atoms with Crippen molar-refractivity contribution in [1.29, 1.82) is 5.26 Å². The van der Waals surface area contributed by atoms with Gasteiger partial charge in [0.1, 0.15) is 17.3 Å². The molecule has 0 amide bonds. The summed E-state index contributed by atoms with van der Waals surface area (Å²) in [6.07, 6.45) is 1.25. The second-order valence-corrected chi connectivity index (χ2v) is 5.39. The van der Waals surface area contributed by atoms with E-state index in [2.05, 4.69) is 14.1 Å². The van der Waals surface area contributed by atoms with Gasteiger partial charge in [-0.15, -0.1) is 0 Å². The molecule has 0 saturated carbocycles. The number of hydrogen-bond acceptors (Lipinski definition) is 6. The zero-order valence-electron chi connectivity index (χ0n) is 8.36. The zero-order chi connectivity index (χ0) is 12.3. The van der Waals surface area contributed by atoms with Gasteiger partial charge in [0.15, 0.2) is 0 Å². The predicted octanol–water partition coefficient (Wildman–Crippen LogP) is 1.21. The highest BCUT2D eigenvalue weighted by Crippen LogP contribution is 2.19. The molecular weight excluding hydrogens is 260 g/mol. The van der Waals surface area contributed by atoms with Gasteiger partial charge in [0.05, 0.1) is 5.56 Å². The zero-order valence-corrected chi connectivity index (χ0v) is 9.99. The minimum absolute atomic E-state index is 0.0716. The molecule has 1 heterocycles. The van der Waals surface area contributed by atoms with Crippen molar-refractivity contribution >= 4 is 26.7 Å². The number of nitrogens with one attached hydrogen (secondary N) is 1. The molecule has 0 unspecified atom stereocenters. The molecule has 17 heavy (non-hydrogen) atoms. The number of nitriles is 1. The van der Waals surface area contributed by atoms with Crippen LogP contribution in [0.3, 0.4) is 0 Å². The largest absolute Gasteiger partial charge is 0.265 e. The van der Waals surface area contributed by atoms with Crippen LogP contribution in [0.5, 0.6) is 0 Å². The third kappa shape index (κ3) is 2.41. The van der Waals surface area contributed by atoms with E-state index in [-0.39, 0.29) is 15.6 Å². The molecule has 1 aromatic carbocycles. The van der Waals surface area contributed by atoms with Gasteiger partial charge in [0.25, 0.3) is 10.0 Å². The van der Waals surface area contributed by atoms with Gasteiger partial charge in [0, 0.05) is 11.5 Å². The summed E-state index contributed by atoms with van der Waals surface area (Å²) in [5, 5.41) is 9.00. The van der Waals surface area contributed by atoms with Gasteiger partial charge >= 0.3 is 0 Å². The molecule has 0 radical (unpaired) electrons. The van der Waals surface area contributed by atoms with Crippen LogP contribution in [0.2, 0.25) is 0 Å². The normalized spacial score (nSPS) is 10.8. The molecule has 0 spiro atoms. The Morgan fingerprint density at radius 1 is 1.35 bits per heavy atom. The van der Waals surface area contributed by atoms with Crippen LogP contribution < -0.4 is 4.72 Å². The van der Waals surface area contributed by atoms with Crippen molar-refractivity contribution in [2.75, 3.05) is 4.72 Å². The Labute approximate surface area is 102 Å². The van der Waals surface area contributed by atoms with E-state index in [9.17, 15) is 8.42 Å². The molecule has 6 nitrogen and oxygen atoms in total. The SMILES string of the molecule is N#Cc1ccccc1S(=O)(=O)Nc1ncns1. The molecule has 86 valence electrons. The summed E-state index contributed by atoms with van der Waals surface area (Å²) in [6, 6.07) is 7.78. The Kier molecular flexibility index (Phi) is 3.03. The molecule has 0 aliphatic rings. The smallest absolute Gasteiger partial charge is 0.253 e. The lowest BCUT2D eigenvalue weighted by Crippen LogP contribution is -2.14. The maximum absolute atomic E-state index is 12.0. The Morgan fingerprint density at radius 2 is 2.12 bits per heavy atom. The van der Waals surface area contributed by atoms with Crippen molar-refractivity contribution in [3.05, 3.63) is 36.2 Å². The maximum Gasteiger partial charge on any atom is 0.265 e. The number of nitrogens with zero attached hydrogens (tertiary/aromatic N) is 3. The summed E-state index contributed by atoms with van der Waals surface area (Å²) in [6.45, 7) is 0. The summed E-state index contributed by atoms with van der Waals surface area (Å²) in [5.41, 5.74) is 0.0875. The third-order valence-corrected chi connectivity index (χ3v) is 3.99. The van der Waals surface area contributed by atoms with Crippen LogP contribution in [0.1, 0.15) is 5.56 Å². The summed E-state index contributed by atoms with van der Waals surface area (Å²) < 4.78 is 29.8. The van der Waals surface area contributed by atoms with E-state index < -0.39 is 10.0 Å². The number of anilines is 1. The van der Waals surface area contributed by atoms with Gasteiger partial charge < -0.3 is 0 Å². The molecule has 0 aliphatic heterocycles. The number of benzene rings is 1. The fraction of sp³-hybridized carbons (Fsp3) is 0. The highest BCUT2D eigenvalue weighted by molar-refractivity contribution is 7.93. The lowest BCUT2D eigenvalue weighted by molar-refractivity contribution is 0.601.